The quantitative estimate of drug-likeness (QED) is 0.915. The van der Waals surface area contributed by atoms with Crippen LogP contribution in [0.4, 0.5) is 10.5 Å². The molecule has 26 heavy (non-hydrogen) atoms. The summed E-state index contributed by atoms with van der Waals surface area (Å²) in [4.78, 5) is 21.1. The number of aryl methyl sites for hydroxylation is 1. The lowest BCUT2D eigenvalue weighted by molar-refractivity contribution is 0.0199. The number of rotatable bonds is 3. The highest BCUT2D eigenvalue weighted by Crippen LogP contribution is 2.25. The van der Waals surface area contributed by atoms with Crippen molar-refractivity contribution in [3.05, 3.63) is 30.1 Å². The second kappa shape index (κ2) is 7.07. The van der Waals surface area contributed by atoms with E-state index >= 15 is 0 Å². The van der Waals surface area contributed by atoms with E-state index in [4.69, 9.17) is 4.52 Å². The molecule has 0 bridgehead atoms. The van der Waals surface area contributed by atoms with Crippen molar-refractivity contribution in [2.45, 2.75) is 45.2 Å². The van der Waals surface area contributed by atoms with Gasteiger partial charge >= 0.3 is 6.03 Å². The number of nitrogens with zero attached hydrogens (tertiary/aromatic N) is 4. The predicted molar refractivity (Wildman–Crippen MR) is 98.9 cm³/mol. The number of anilines is 1. The molecule has 1 aromatic heterocycles. The average Bonchev–Trinajstić information content (AvgIpc) is 3.02. The molecule has 7 nitrogen and oxygen atoms in total. The molecule has 1 aromatic carbocycles. The van der Waals surface area contributed by atoms with Gasteiger partial charge in [-0.1, -0.05) is 11.6 Å². The van der Waals surface area contributed by atoms with Crippen LogP contribution in [-0.4, -0.2) is 57.7 Å². The summed E-state index contributed by atoms with van der Waals surface area (Å²) in [5.41, 5.74) is 1.61. The number of likely N-dealkylation sites (tertiary alicyclic amines) is 2. The first-order chi connectivity index (χ1) is 12.6. The lowest BCUT2D eigenvalue weighted by atomic mass is 9.98. The van der Waals surface area contributed by atoms with Gasteiger partial charge in [-0.05, 0) is 57.5 Å². The molecule has 2 aliphatic heterocycles. The van der Waals surface area contributed by atoms with E-state index < -0.39 is 0 Å². The summed E-state index contributed by atoms with van der Waals surface area (Å²) in [6.07, 6.45) is 3.88. The molecule has 2 aliphatic rings. The van der Waals surface area contributed by atoms with Crippen molar-refractivity contribution in [3.63, 3.8) is 0 Å². The monoisotopic (exact) mass is 355 g/mol. The molecule has 4 rings (SSSR count). The molecule has 138 valence electrons. The van der Waals surface area contributed by atoms with Crippen LogP contribution in [0.1, 0.15) is 32.0 Å². The van der Waals surface area contributed by atoms with Crippen molar-refractivity contribution in [3.8, 4) is 11.5 Å². The molecule has 0 saturated carbocycles. The Bertz CT molecular complexity index is 766. The highest BCUT2D eigenvalue weighted by Gasteiger charge is 2.37. The number of hydrogen-bond acceptors (Lipinski definition) is 5. The first-order valence-corrected chi connectivity index (χ1v) is 9.32. The number of amides is 2. The van der Waals surface area contributed by atoms with Gasteiger partial charge in [0.25, 0.3) is 5.89 Å². The van der Waals surface area contributed by atoms with E-state index in [1.807, 2.05) is 29.2 Å². The van der Waals surface area contributed by atoms with E-state index in [9.17, 15) is 4.79 Å². The Balaban J connectivity index is 1.30. The average molecular weight is 355 g/mol. The van der Waals surface area contributed by atoms with E-state index in [0.29, 0.717) is 23.8 Å². The minimum atomic E-state index is -0.0349. The molecule has 3 heterocycles. The number of carbonyl (C=O) groups is 1. The van der Waals surface area contributed by atoms with Gasteiger partial charge in [-0.25, -0.2) is 4.79 Å². The van der Waals surface area contributed by atoms with Gasteiger partial charge in [0.2, 0.25) is 0 Å². The lowest BCUT2D eigenvalue weighted by Gasteiger charge is -2.49. The Morgan fingerprint density at radius 2 is 2.00 bits per heavy atom. The van der Waals surface area contributed by atoms with E-state index in [2.05, 4.69) is 27.3 Å². The maximum absolute atomic E-state index is 12.4. The molecule has 1 atom stereocenters. The Kier molecular flexibility index (Phi) is 4.63. The number of urea groups is 1. The van der Waals surface area contributed by atoms with Crippen LogP contribution >= 0.6 is 0 Å². The smallest absolute Gasteiger partial charge is 0.321 e. The zero-order valence-corrected chi connectivity index (χ0v) is 15.3. The van der Waals surface area contributed by atoms with Crippen LogP contribution in [0.3, 0.4) is 0 Å². The molecule has 0 radical (unpaired) electrons. The van der Waals surface area contributed by atoms with Crippen LogP contribution < -0.4 is 5.32 Å². The molecule has 2 saturated heterocycles. The number of piperidine rings is 1. The summed E-state index contributed by atoms with van der Waals surface area (Å²) >= 11 is 0. The normalized spacial score (nSPS) is 21.5. The lowest BCUT2D eigenvalue weighted by Crippen LogP contribution is -2.64. The molecule has 0 spiro atoms. The number of nitrogens with one attached hydrogen (secondary N) is 1. The number of aromatic nitrogens is 2. The zero-order valence-electron chi connectivity index (χ0n) is 15.3. The van der Waals surface area contributed by atoms with Crippen molar-refractivity contribution in [2.75, 3.05) is 25.0 Å². The predicted octanol–water partition coefficient (Wildman–Crippen LogP) is 3.14. The maximum atomic E-state index is 12.4. The molecule has 1 unspecified atom stereocenters. The van der Waals surface area contributed by atoms with Crippen molar-refractivity contribution >= 4 is 11.7 Å². The minimum Gasteiger partial charge on any atom is -0.334 e. The third-order valence-electron chi connectivity index (χ3n) is 5.38. The molecule has 2 fully saturated rings. The van der Waals surface area contributed by atoms with Gasteiger partial charge < -0.3 is 14.7 Å². The van der Waals surface area contributed by atoms with Gasteiger partial charge in [0, 0.05) is 36.4 Å². The third kappa shape index (κ3) is 3.44. The summed E-state index contributed by atoms with van der Waals surface area (Å²) in [6.45, 7) is 6.88. The van der Waals surface area contributed by atoms with E-state index in [1.54, 1.807) is 6.92 Å². The highest BCUT2D eigenvalue weighted by molar-refractivity contribution is 5.90. The van der Waals surface area contributed by atoms with Crippen LogP contribution in [0.25, 0.3) is 11.5 Å². The molecule has 2 amide bonds. The first-order valence-electron chi connectivity index (χ1n) is 9.32. The van der Waals surface area contributed by atoms with Crippen molar-refractivity contribution in [1.29, 1.82) is 0 Å². The molecular weight excluding hydrogens is 330 g/mol. The van der Waals surface area contributed by atoms with Crippen LogP contribution in [0.5, 0.6) is 0 Å². The van der Waals surface area contributed by atoms with Crippen LogP contribution in [-0.2, 0) is 0 Å². The number of hydrogen-bond donors (Lipinski definition) is 1. The minimum absolute atomic E-state index is 0.0349. The van der Waals surface area contributed by atoms with Gasteiger partial charge in [-0.15, -0.1) is 0 Å². The second-order valence-corrected chi connectivity index (χ2v) is 7.30. The third-order valence-corrected chi connectivity index (χ3v) is 5.38. The van der Waals surface area contributed by atoms with Gasteiger partial charge in [0.15, 0.2) is 5.82 Å². The number of carbonyl (C=O) groups excluding carboxylic acids is 1. The SMILES string of the molecule is Cc1noc(-c2ccc(NC(=O)N3CC(N4CCCCC4C)C3)cc2)n1. The van der Waals surface area contributed by atoms with Gasteiger partial charge in [0.1, 0.15) is 0 Å². The fraction of sp³-hybridized carbons (Fsp3) is 0.526. The van der Waals surface area contributed by atoms with Crippen molar-refractivity contribution < 1.29 is 9.32 Å². The van der Waals surface area contributed by atoms with Gasteiger partial charge in [-0.2, -0.15) is 4.98 Å². The molecule has 7 heteroatoms. The summed E-state index contributed by atoms with van der Waals surface area (Å²) in [7, 11) is 0. The maximum Gasteiger partial charge on any atom is 0.321 e. The fourth-order valence-corrected chi connectivity index (χ4v) is 3.81. The van der Waals surface area contributed by atoms with Crippen molar-refractivity contribution in [1.82, 2.24) is 19.9 Å². The largest absolute Gasteiger partial charge is 0.334 e. The molecule has 2 aromatic rings. The first kappa shape index (κ1) is 17.0. The summed E-state index contributed by atoms with van der Waals surface area (Å²) in [6, 6.07) is 8.58. The fourth-order valence-electron chi connectivity index (χ4n) is 3.81. The van der Waals surface area contributed by atoms with Crippen LogP contribution in [0.15, 0.2) is 28.8 Å². The Morgan fingerprint density at radius 3 is 2.65 bits per heavy atom. The highest BCUT2D eigenvalue weighted by atomic mass is 16.5. The Morgan fingerprint density at radius 1 is 1.23 bits per heavy atom. The number of benzene rings is 1. The Labute approximate surface area is 153 Å². The van der Waals surface area contributed by atoms with E-state index in [-0.39, 0.29) is 6.03 Å². The van der Waals surface area contributed by atoms with E-state index in [1.165, 1.54) is 19.3 Å². The van der Waals surface area contributed by atoms with Gasteiger partial charge in [-0.3, -0.25) is 4.90 Å². The molecule has 1 N–H and O–H groups in total. The molecular formula is C19H25N5O2. The van der Waals surface area contributed by atoms with Crippen LogP contribution in [0.2, 0.25) is 0 Å². The standard InChI is InChI=1S/C19H25N5O2/c1-13-5-3-4-10-24(13)17-11-23(12-17)19(25)21-16-8-6-15(7-9-16)18-20-14(2)22-26-18/h6-9,13,17H,3-5,10-12H2,1-2H3,(H,21,25). The van der Waals surface area contributed by atoms with Crippen molar-refractivity contribution in [2.24, 2.45) is 0 Å². The van der Waals surface area contributed by atoms with Crippen LogP contribution in [0, 0.1) is 6.92 Å². The topological polar surface area (TPSA) is 74.5 Å². The summed E-state index contributed by atoms with van der Waals surface area (Å²) in [5.74, 6) is 1.09. The molecule has 0 aliphatic carbocycles. The Hall–Kier alpha value is -2.41. The summed E-state index contributed by atoms with van der Waals surface area (Å²) < 4.78 is 5.15. The zero-order chi connectivity index (χ0) is 18.1. The second-order valence-electron chi connectivity index (χ2n) is 7.30. The van der Waals surface area contributed by atoms with E-state index in [0.717, 1.165) is 30.9 Å². The van der Waals surface area contributed by atoms with Gasteiger partial charge in [0.05, 0.1) is 0 Å². The summed E-state index contributed by atoms with van der Waals surface area (Å²) in [5, 5.41) is 6.75.